The molecule has 0 spiro atoms. The summed E-state index contributed by atoms with van der Waals surface area (Å²) in [6.07, 6.45) is 3.93. The summed E-state index contributed by atoms with van der Waals surface area (Å²) in [7, 11) is 0. The first kappa shape index (κ1) is 15.9. The normalized spacial score (nSPS) is 17.9. The number of hydrogen-bond donors (Lipinski definition) is 0. The van der Waals surface area contributed by atoms with E-state index < -0.39 is 0 Å². The Morgan fingerprint density at radius 3 is 2.59 bits per heavy atom. The molecule has 1 amide bonds. The number of carbonyl (C=O) groups is 1. The van der Waals surface area contributed by atoms with Crippen LogP contribution in [0.2, 0.25) is 0 Å². The molecule has 0 radical (unpaired) electrons. The quantitative estimate of drug-likeness (QED) is 0.758. The van der Waals surface area contributed by atoms with Crippen LogP contribution in [0.1, 0.15) is 46.5 Å². The zero-order valence-electron chi connectivity index (χ0n) is 11.2. The maximum atomic E-state index is 11.2. The second-order valence-electron chi connectivity index (χ2n) is 4.22. The molecule has 0 aromatic carbocycles. The fourth-order valence-corrected chi connectivity index (χ4v) is 1.60. The molecule has 1 fully saturated rings. The predicted molar refractivity (Wildman–Crippen MR) is 67.4 cm³/mol. The van der Waals surface area contributed by atoms with Gasteiger partial charge in [0.25, 0.3) is 0 Å². The van der Waals surface area contributed by atoms with Crippen LogP contribution in [-0.4, -0.2) is 36.6 Å². The molecule has 17 heavy (non-hydrogen) atoms. The molecule has 0 aromatic heterocycles. The van der Waals surface area contributed by atoms with Gasteiger partial charge >= 0.3 is 0 Å². The number of ether oxygens (including phenoxy) is 1. The lowest BCUT2D eigenvalue weighted by Crippen LogP contribution is -2.36. The lowest BCUT2D eigenvalue weighted by molar-refractivity contribution is -0.130. The first-order valence-corrected chi connectivity index (χ1v) is 6.39. The average Bonchev–Trinajstić information content (AvgIpc) is 2.77. The molecule has 1 rings (SSSR count). The predicted octanol–water partition coefficient (Wildman–Crippen LogP) is 2.34. The van der Waals surface area contributed by atoms with Gasteiger partial charge in [0.05, 0.1) is 18.6 Å². The van der Waals surface area contributed by atoms with Gasteiger partial charge in [0.2, 0.25) is 5.91 Å². The van der Waals surface area contributed by atoms with E-state index in [0.717, 1.165) is 19.4 Å². The van der Waals surface area contributed by atoms with Gasteiger partial charge in [-0.3, -0.25) is 4.79 Å². The van der Waals surface area contributed by atoms with Crippen LogP contribution in [-0.2, 0) is 9.53 Å². The Hall–Kier alpha value is -1.08. The molecule has 0 saturated carbocycles. The van der Waals surface area contributed by atoms with Crippen molar-refractivity contribution in [2.24, 2.45) is 0 Å². The summed E-state index contributed by atoms with van der Waals surface area (Å²) in [5, 5.41) is 8.44. The lowest BCUT2D eigenvalue weighted by Gasteiger charge is -2.22. The third-order valence-electron chi connectivity index (χ3n) is 2.39. The zero-order valence-corrected chi connectivity index (χ0v) is 11.2. The van der Waals surface area contributed by atoms with Gasteiger partial charge < -0.3 is 9.64 Å². The third-order valence-corrected chi connectivity index (χ3v) is 2.39. The summed E-state index contributed by atoms with van der Waals surface area (Å²) in [6.45, 7) is 7.74. The SMILES string of the molecule is CC(=O)N(CCC#N)CC1CCCO1.CCC. The Morgan fingerprint density at radius 2 is 2.18 bits per heavy atom. The first-order chi connectivity index (χ1) is 8.15. The molecule has 1 unspecified atom stereocenters. The van der Waals surface area contributed by atoms with Crippen molar-refractivity contribution >= 4 is 5.91 Å². The Labute approximate surface area is 105 Å². The summed E-state index contributed by atoms with van der Waals surface area (Å²) in [5.74, 6) is 0.0238. The highest BCUT2D eigenvalue weighted by Crippen LogP contribution is 2.13. The van der Waals surface area contributed by atoms with Crippen LogP contribution in [0.4, 0.5) is 0 Å². The molecule has 4 heteroatoms. The second kappa shape index (κ2) is 10.1. The van der Waals surface area contributed by atoms with Crippen molar-refractivity contribution in [1.82, 2.24) is 4.90 Å². The smallest absolute Gasteiger partial charge is 0.219 e. The van der Waals surface area contributed by atoms with E-state index in [4.69, 9.17) is 10.00 Å². The molecular formula is C13H24N2O2. The van der Waals surface area contributed by atoms with Crippen molar-refractivity contribution in [3.05, 3.63) is 0 Å². The topological polar surface area (TPSA) is 53.3 Å². The fourth-order valence-electron chi connectivity index (χ4n) is 1.60. The Kier molecular flexibility index (Phi) is 9.46. The van der Waals surface area contributed by atoms with Gasteiger partial charge in [-0.15, -0.1) is 0 Å². The standard InChI is InChI=1S/C10H16N2O2.C3H8/c1-9(13)12(6-3-5-11)8-10-4-2-7-14-10;1-3-2/h10H,2-4,6-8H2,1H3;3H2,1-2H3. The molecular weight excluding hydrogens is 216 g/mol. The molecule has 4 nitrogen and oxygen atoms in total. The summed E-state index contributed by atoms with van der Waals surface area (Å²) in [5.41, 5.74) is 0. The highest BCUT2D eigenvalue weighted by molar-refractivity contribution is 5.73. The molecule has 0 aliphatic carbocycles. The molecule has 1 saturated heterocycles. The van der Waals surface area contributed by atoms with Crippen molar-refractivity contribution < 1.29 is 9.53 Å². The zero-order chi connectivity index (χ0) is 13.1. The van der Waals surface area contributed by atoms with E-state index in [1.54, 1.807) is 4.90 Å². The minimum Gasteiger partial charge on any atom is -0.376 e. The van der Waals surface area contributed by atoms with Crippen LogP contribution in [0.25, 0.3) is 0 Å². The molecule has 0 N–H and O–H groups in total. The summed E-state index contributed by atoms with van der Waals surface area (Å²) in [6, 6.07) is 2.04. The van der Waals surface area contributed by atoms with Gasteiger partial charge in [0.15, 0.2) is 0 Å². The number of amides is 1. The molecule has 1 aliphatic heterocycles. The van der Waals surface area contributed by atoms with Crippen molar-refractivity contribution in [2.45, 2.75) is 52.6 Å². The van der Waals surface area contributed by atoms with Crippen LogP contribution >= 0.6 is 0 Å². The van der Waals surface area contributed by atoms with Crippen LogP contribution in [0.3, 0.4) is 0 Å². The molecule has 98 valence electrons. The fraction of sp³-hybridized carbons (Fsp3) is 0.846. The van der Waals surface area contributed by atoms with Crippen LogP contribution < -0.4 is 0 Å². The van der Waals surface area contributed by atoms with E-state index in [2.05, 4.69) is 13.8 Å². The van der Waals surface area contributed by atoms with E-state index in [0.29, 0.717) is 19.5 Å². The van der Waals surface area contributed by atoms with Gasteiger partial charge in [-0.25, -0.2) is 0 Å². The second-order valence-corrected chi connectivity index (χ2v) is 4.22. The van der Waals surface area contributed by atoms with Gasteiger partial charge in [-0.05, 0) is 12.8 Å². The minimum atomic E-state index is 0.0238. The highest BCUT2D eigenvalue weighted by atomic mass is 16.5. The van der Waals surface area contributed by atoms with Crippen molar-refractivity contribution in [1.29, 1.82) is 5.26 Å². The highest BCUT2D eigenvalue weighted by Gasteiger charge is 2.20. The molecule has 1 heterocycles. The Balaban J connectivity index is 0.000000770. The molecule has 1 atom stereocenters. The largest absolute Gasteiger partial charge is 0.376 e. The summed E-state index contributed by atoms with van der Waals surface area (Å²) >= 11 is 0. The molecule has 1 aliphatic rings. The Morgan fingerprint density at radius 1 is 1.53 bits per heavy atom. The monoisotopic (exact) mass is 240 g/mol. The maximum Gasteiger partial charge on any atom is 0.219 e. The molecule has 0 aromatic rings. The van der Waals surface area contributed by atoms with Crippen LogP contribution in [0, 0.1) is 11.3 Å². The first-order valence-electron chi connectivity index (χ1n) is 6.39. The number of nitriles is 1. The van der Waals surface area contributed by atoms with Gasteiger partial charge in [-0.1, -0.05) is 20.3 Å². The van der Waals surface area contributed by atoms with E-state index in [1.165, 1.54) is 13.3 Å². The summed E-state index contributed by atoms with van der Waals surface area (Å²) in [4.78, 5) is 12.9. The van der Waals surface area contributed by atoms with E-state index >= 15 is 0 Å². The van der Waals surface area contributed by atoms with E-state index in [-0.39, 0.29) is 12.0 Å². The van der Waals surface area contributed by atoms with Crippen LogP contribution in [0.5, 0.6) is 0 Å². The number of nitrogens with zero attached hydrogens (tertiary/aromatic N) is 2. The Bertz CT molecular complexity index is 242. The van der Waals surface area contributed by atoms with Crippen molar-refractivity contribution in [3.63, 3.8) is 0 Å². The number of carbonyl (C=O) groups excluding carboxylic acids is 1. The van der Waals surface area contributed by atoms with E-state index in [9.17, 15) is 4.79 Å². The average molecular weight is 240 g/mol. The van der Waals surface area contributed by atoms with E-state index in [1.807, 2.05) is 6.07 Å². The van der Waals surface area contributed by atoms with Crippen molar-refractivity contribution in [3.8, 4) is 6.07 Å². The molecule has 0 bridgehead atoms. The van der Waals surface area contributed by atoms with Gasteiger partial charge in [0, 0.05) is 26.6 Å². The van der Waals surface area contributed by atoms with Gasteiger partial charge in [-0.2, -0.15) is 5.26 Å². The van der Waals surface area contributed by atoms with Gasteiger partial charge in [0.1, 0.15) is 0 Å². The number of rotatable bonds is 4. The lowest BCUT2D eigenvalue weighted by atomic mass is 10.2. The third kappa shape index (κ3) is 7.76. The maximum absolute atomic E-state index is 11.2. The summed E-state index contributed by atoms with van der Waals surface area (Å²) < 4.78 is 5.44. The van der Waals surface area contributed by atoms with Crippen molar-refractivity contribution in [2.75, 3.05) is 19.7 Å². The van der Waals surface area contributed by atoms with Crippen LogP contribution in [0.15, 0.2) is 0 Å². The minimum absolute atomic E-state index is 0.0238. The number of hydrogen-bond acceptors (Lipinski definition) is 3.